The van der Waals surface area contributed by atoms with Gasteiger partial charge in [-0.1, -0.05) is 16.8 Å². The Kier molecular flexibility index (Phi) is 7.47. The first-order valence-corrected chi connectivity index (χ1v) is 8.65. The number of nitro groups is 1. The van der Waals surface area contributed by atoms with Crippen LogP contribution in [0.1, 0.15) is 22.5 Å². The predicted octanol–water partition coefficient (Wildman–Crippen LogP) is 2.66. The van der Waals surface area contributed by atoms with Gasteiger partial charge in [0.15, 0.2) is 5.82 Å². The third-order valence-corrected chi connectivity index (χ3v) is 4.00. The Balaban J connectivity index is 2.15. The van der Waals surface area contributed by atoms with Gasteiger partial charge in [0.1, 0.15) is 12.3 Å². The Bertz CT molecular complexity index is 869. The molecular weight excluding hydrogens is 392 g/mol. The second-order valence-corrected chi connectivity index (χ2v) is 6.27. The normalized spacial score (nSPS) is 10.5. The maximum Gasteiger partial charge on any atom is 0.270 e. The Labute approximate surface area is 165 Å². The van der Waals surface area contributed by atoms with E-state index in [0.29, 0.717) is 18.8 Å². The van der Waals surface area contributed by atoms with Crippen molar-refractivity contribution >= 4 is 34.9 Å². The standard InChI is InChI=1S/C17H19ClN4O6/c1-11-8-15(20-28-11)19-16(23)10-21(6-3-7-27-2)17(24)13-5-4-12(22(25)26)9-14(13)18/h4-5,8-9H,3,6-7,10H2,1-2H3,(H,19,20,23). The zero-order chi connectivity index (χ0) is 20.7. The van der Waals surface area contributed by atoms with Crippen molar-refractivity contribution in [1.82, 2.24) is 10.1 Å². The molecule has 0 radical (unpaired) electrons. The van der Waals surface area contributed by atoms with E-state index < -0.39 is 16.7 Å². The van der Waals surface area contributed by atoms with Crippen LogP contribution in [0.15, 0.2) is 28.8 Å². The number of anilines is 1. The van der Waals surface area contributed by atoms with Crippen molar-refractivity contribution < 1.29 is 23.8 Å². The van der Waals surface area contributed by atoms with E-state index in [-0.39, 0.29) is 35.2 Å². The molecule has 10 nitrogen and oxygen atoms in total. The molecule has 0 aliphatic heterocycles. The number of nitrogens with zero attached hydrogens (tertiary/aromatic N) is 3. The smallest absolute Gasteiger partial charge is 0.270 e. The van der Waals surface area contributed by atoms with Crippen LogP contribution in [0, 0.1) is 17.0 Å². The summed E-state index contributed by atoms with van der Waals surface area (Å²) in [4.78, 5) is 36.7. The molecule has 1 aromatic carbocycles. The molecule has 0 fully saturated rings. The van der Waals surface area contributed by atoms with Gasteiger partial charge in [-0.05, 0) is 19.4 Å². The minimum absolute atomic E-state index is 0.0646. The first kappa shape index (κ1) is 21.3. The SMILES string of the molecule is COCCCN(CC(=O)Nc1cc(C)on1)C(=O)c1ccc([N+](=O)[O-])cc1Cl. The topological polar surface area (TPSA) is 128 Å². The highest BCUT2D eigenvalue weighted by Gasteiger charge is 2.23. The van der Waals surface area contributed by atoms with Crippen molar-refractivity contribution in [3.63, 3.8) is 0 Å². The number of nitrogens with one attached hydrogen (secondary N) is 1. The number of aryl methyl sites for hydroxylation is 1. The number of benzene rings is 1. The van der Waals surface area contributed by atoms with Gasteiger partial charge in [0, 0.05) is 38.5 Å². The summed E-state index contributed by atoms with van der Waals surface area (Å²) in [5.74, 6) is -0.235. The average molecular weight is 411 g/mol. The monoisotopic (exact) mass is 410 g/mol. The van der Waals surface area contributed by atoms with Crippen LogP contribution in [0.3, 0.4) is 0 Å². The maximum absolute atomic E-state index is 12.8. The first-order chi connectivity index (χ1) is 13.3. The minimum atomic E-state index is -0.607. The number of methoxy groups -OCH3 is 1. The fourth-order valence-corrected chi connectivity index (χ4v) is 2.65. The van der Waals surface area contributed by atoms with Crippen molar-refractivity contribution in [2.75, 3.05) is 32.1 Å². The van der Waals surface area contributed by atoms with Crippen LogP contribution in [0.25, 0.3) is 0 Å². The third kappa shape index (κ3) is 5.76. The third-order valence-electron chi connectivity index (χ3n) is 3.69. The van der Waals surface area contributed by atoms with Crippen LogP contribution >= 0.6 is 11.6 Å². The Hall–Kier alpha value is -2.98. The van der Waals surface area contributed by atoms with Crippen LogP contribution in [0.5, 0.6) is 0 Å². The zero-order valence-corrected chi connectivity index (χ0v) is 16.1. The fourth-order valence-electron chi connectivity index (χ4n) is 2.39. The molecule has 0 saturated carbocycles. The molecule has 0 unspecified atom stereocenters. The van der Waals surface area contributed by atoms with E-state index in [2.05, 4.69) is 10.5 Å². The van der Waals surface area contributed by atoms with Gasteiger partial charge in [0.2, 0.25) is 5.91 Å². The van der Waals surface area contributed by atoms with E-state index in [4.69, 9.17) is 20.9 Å². The second kappa shape index (κ2) is 9.81. The van der Waals surface area contributed by atoms with Gasteiger partial charge in [-0.25, -0.2) is 0 Å². The molecule has 1 aromatic heterocycles. The molecule has 0 aliphatic carbocycles. The van der Waals surface area contributed by atoms with E-state index in [0.717, 1.165) is 6.07 Å². The van der Waals surface area contributed by atoms with E-state index in [9.17, 15) is 19.7 Å². The maximum atomic E-state index is 12.8. The average Bonchev–Trinajstić information content (AvgIpc) is 3.04. The van der Waals surface area contributed by atoms with Crippen LogP contribution in [-0.4, -0.2) is 53.6 Å². The van der Waals surface area contributed by atoms with E-state index in [1.165, 1.54) is 24.1 Å². The van der Waals surface area contributed by atoms with Crippen molar-refractivity contribution in [2.24, 2.45) is 0 Å². The molecule has 0 aliphatic rings. The molecule has 0 atom stereocenters. The summed E-state index contributed by atoms with van der Waals surface area (Å²) in [6.07, 6.45) is 0.489. The molecule has 0 bridgehead atoms. The second-order valence-electron chi connectivity index (χ2n) is 5.87. The summed E-state index contributed by atoms with van der Waals surface area (Å²) in [7, 11) is 1.53. The Morgan fingerprint density at radius 1 is 1.39 bits per heavy atom. The van der Waals surface area contributed by atoms with Gasteiger partial charge >= 0.3 is 0 Å². The Morgan fingerprint density at radius 3 is 2.71 bits per heavy atom. The van der Waals surface area contributed by atoms with Gasteiger partial charge in [-0.3, -0.25) is 19.7 Å². The zero-order valence-electron chi connectivity index (χ0n) is 15.3. The minimum Gasteiger partial charge on any atom is -0.385 e. The van der Waals surface area contributed by atoms with E-state index in [1.807, 2.05) is 0 Å². The van der Waals surface area contributed by atoms with Crippen LogP contribution in [0.4, 0.5) is 11.5 Å². The van der Waals surface area contributed by atoms with Gasteiger partial charge in [-0.2, -0.15) is 0 Å². The lowest BCUT2D eigenvalue weighted by Gasteiger charge is -2.22. The van der Waals surface area contributed by atoms with Crippen molar-refractivity contribution in [1.29, 1.82) is 0 Å². The number of ether oxygens (including phenoxy) is 1. The molecular formula is C17H19ClN4O6. The number of halogens is 1. The number of carbonyl (C=O) groups is 2. The lowest BCUT2D eigenvalue weighted by atomic mass is 10.1. The summed E-state index contributed by atoms with van der Waals surface area (Å²) in [6.45, 7) is 2.04. The number of aromatic nitrogens is 1. The highest BCUT2D eigenvalue weighted by molar-refractivity contribution is 6.34. The molecule has 1 heterocycles. The van der Waals surface area contributed by atoms with Crippen LogP contribution < -0.4 is 5.32 Å². The molecule has 2 rings (SSSR count). The van der Waals surface area contributed by atoms with Gasteiger partial charge < -0.3 is 19.5 Å². The summed E-state index contributed by atoms with van der Waals surface area (Å²) >= 11 is 6.04. The van der Waals surface area contributed by atoms with Gasteiger partial charge in [0.25, 0.3) is 11.6 Å². The number of amides is 2. The molecule has 150 valence electrons. The molecule has 0 spiro atoms. The lowest BCUT2D eigenvalue weighted by molar-refractivity contribution is -0.384. The first-order valence-electron chi connectivity index (χ1n) is 8.27. The summed E-state index contributed by atoms with van der Waals surface area (Å²) in [5, 5.41) is 17.0. The molecule has 28 heavy (non-hydrogen) atoms. The summed E-state index contributed by atoms with van der Waals surface area (Å²) in [5.41, 5.74) is -0.165. The summed E-state index contributed by atoms with van der Waals surface area (Å²) in [6, 6.07) is 5.10. The van der Waals surface area contributed by atoms with Crippen LogP contribution in [-0.2, 0) is 9.53 Å². The number of hydrogen-bond donors (Lipinski definition) is 1. The molecule has 11 heteroatoms. The lowest BCUT2D eigenvalue weighted by Crippen LogP contribution is -2.39. The number of rotatable bonds is 9. The molecule has 0 saturated heterocycles. The number of non-ortho nitro benzene ring substituents is 1. The molecule has 1 N–H and O–H groups in total. The number of carbonyl (C=O) groups excluding carboxylic acids is 2. The number of nitro benzene ring substituents is 1. The number of hydrogen-bond acceptors (Lipinski definition) is 7. The predicted molar refractivity (Wildman–Crippen MR) is 100 cm³/mol. The summed E-state index contributed by atoms with van der Waals surface area (Å²) < 4.78 is 9.86. The van der Waals surface area contributed by atoms with Crippen molar-refractivity contribution in [3.8, 4) is 0 Å². The largest absolute Gasteiger partial charge is 0.385 e. The van der Waals surface area contributed by atoms with Crippen molar-refractivity contribution in [3.05, 3.63) is 50.7 Å². The molecule has 2 amide bonds. The highest BCUT2D eigenvalue weighted by Crippen LogP contribution is 2.24. The Morgan fingerprint density at radius 2 is 2.14 bits per heavy atom. The highest BCUT2D eigenvalue weighted by atomic mass is 35.5. The van der Waals surface area contributed by atoms with Gasteiger partial charge in [-0.15, -0.1) is 0 Å². The quantitative estimate of drug-likeness (QED) is 0.382. The fraction of sp³-hybridized carbons (Fsp3) is 0.353. The van der Waals surface area contributed by atoms with Gasteiger partial charge in [0.05, 0.1) is 15.5 Å². The van der Waals surface area contributed by atoms with E-state index in [1.54, 1.807) is 13.0 Å². The van der Waals surface area contributed by atoms with E-state index >= 15 is 0 Å². The van der Waals surface area contributed by atoms with Crippen LogP contribution in [0.2, 0.25) is 5.02 Å². The molecule has 2 aromatic rings. The van der Waals surface area contributed by atoms with Crippen molar-refractivity contribution in [2.45, 2.75) is 13.3 Å².